The summed E-state index contributed by atoms with van der Waals surface area (Å²) in [5.41, 5.74) is 2.39. The largest absolute Gasteiger partial charge is 0.493 e. The Morgan fingerprint density at radius 2 is 2.06 bits per heavy atom. The highest BCUT2D eigenvalue weighted by molar-refractivity contribution is 5.78. The third kappa shape index (κ3) is 4.86. The van der Waals surface area contributed by atoms with Gasteiger partial charge in [-0.25, -0.2) is 5.43 Å². The van der Waals surface area contributed by atoms with Gasteiger partial charge in [-0.15, -0.1) is 0 Å². The van der Waals surface area contributed by atoms with Gasteiger partial charge in [0.1, 0.15) is 0 Å². The predicted molar refractivity (Wildman–Crippen MR) is 70.0 cm³/mol. The minimum absolute atomic E-state index is 0.101. The molecule has 0 aromatic heterocycles. The topological polar surface area (TPSA) is 59.9 Å². The summed E-state index contributed by atoms with van der Waals surface area (Å²) in [4.78, 5) is 11.4. The van der Waals surface area contributed by atoms with E-state index in [-0.39, 0.29) is 12.5 Å². The number of hydrogen-bond acceptors (Lipinski definition) is 4. The quantitative estimate of drug-likeness (QED) is 0.619. The molecular weight excluding hydrogens is 232 g/mol. The lowest BCUT2D eigenvalue weighted by Gasteiger charge is -2.09. The van der Waals surface area contributed by atoms with Crippen molar-refractivity contribution in [3.63, 3.8) is 0 Å². The number of hydrogen-bond donors (Lipinski definition) is 1. The van der Waals surface area contributed by atoms with Crippen LogP contribution in [0.15, 0.2) is 29.4 Å². The maximum atomic E-state index is 11.4. The van der Waals surface area contributed by atoms with Crippen molar-refractivity contribution in [1.29, 1.82) is 0 Å². The standard InChI is InChI=1S/C13H18N2O3/c1-10(2)8-14-15-13(16)9-18-12-7-5-4-6-11(12)17-3/h4-8,10H,9H2,1-3H3,(H,15,16). The van der Waals surface area contributed by atoms with Crippen molar-refractivity contribution in [2.24, 2.45) is 11.0 Å². The molecule has 5 heteroatoms. The second-order valence-corrected chi connectivity index (χ2v) is 4.00. The fraction of sp³-hybridized carbons (Fsp3) is 0.385. The van der Waals surface area contributed by atoms with E-state index in [0.29, 0.717) is 17.4 Å². The van der Waals surface area contributed by atoms with Gasteiger partial charge in [-0.3, -0.25) is 4.79 Å². The molecule has 0 saturated heterocycles. The molecule has 0 spiro atoms. The number of hydrazone groups is 1. The number of ether oxygens (including phenoxy) is 2. The van der Waals surface area contributed by atoms with Crippen molar-refractivity contribution < 1.29 is 14.3 Å². The fourth-order valence-electron chi connectivity index (χ4n) is 1.17. The summed E-state index contributed by atoms with van der Waals surface area (Å²) in [6.45, 7) is 3.85. The Labute approximate surface area is 107 Å². The van der Waals surface area contributed by atoms with Crippen LogP contribution in [0, 0.1) is 5.92 Å². The van der Waals surface area contributed by atoms with Crippen molar-refractivity contribution >= 4 is 12.1 Å². The highest BCUT2D eigenvalue weighted by Gasteiger charge is 2.05. The number of para-hydroxylation sites is 2. The van der Waals surface area contributed by atoms with Gasteiger partial charge in [0, 0.05) is 6.21 Å². The lowest BCUT2D eigenvalue weighted by molar-refractivity contribution is -0.123. The summed E-state index contributed by atoms with van der Waals surface area (Å²) in [5, 5.41) is 3.79. The molecule has 1 amide bonds. The normalized spacial score (nSPS) is 10.7. The average Bonchev–Trinajstić information content (AvgIpc) is 2.36. The molecule has 0 aliphatic rings. The molecule has 98 valence electrons. The first-order valence-electron chi connectivity index (χ1n) is 5.71. The summed E-state index contributed by atoms with van der Waals surface area (Å²) in [6, 6.07) is 7.15. The summed E-state index contributed by atoms with van der Waals surface area (Å²) in [5.74, 6) is 1.11. The van der Waals surface area contributed by atoms with E-state index in [9.17, 15) is 4.79 Å². The van der Waals surface area contributed by atoms with Gasteiger partial charge in [0.2, 0.25) is 0 Å². The molecule has 0 bridgehead atoms. The van der Waals surface area contributed by atoms with Crippen LogP contribution in [0.3, 0.4) is 0 Å². The van der Waals surface area contributed by atoms with Gasteiger partial charge in [0.05, 0.1) is 7.11 Å². The van der Waals surface area contributed by atoms with Crippen LogP contribution in [-0.2, 0) is 4.79 Å². The first-order chi connectivity index (χ1) is 8.63. The molecular formula is C13H18N2O3. The first kappa shape index (κ1) is 14.0. The summed E-state index contributed by atoms with van der Waals surface area (Å²) < 4.78 is 10.4. The van der Waals surface area contributed by atoms with Gasteiger partial charge in [0.15, 0.2) is 18.1 Å². The Morgan fingerprint density at radius 3 is 2.67 bits per heavy atom. The minimum Gasteiger partial charge on any atom is -0.493 e. The number of rotatable bonds is 6. The van der Waals surface area contributed by atoms with Crippen LogP contribution in [-0.4, -0.2) is 25.8 Å². The van der Waals surface area contributed by atoms with Crippen molar-refractivity contribution in [2.75, 3.05) is 13.7 Å². The molecule has 1 aromatic rings. The highest BCUT2D eigenvalue weighted by atomic mass is 16.5. The van der Waals surface area contributed by atoms with E-state index in [0.717, 1.165) is 0 Å². The minimum atomic E-state index is -0.308. The fourth-order valence-corrected chi connectivity index (χ4v) is 1.17. The zero-order valence-electron chi connectivity index (χ0n) is 10.8. The molecule has 1 N–H and O–H groups in total. The van der Waals surface area contributed by atoms with Crippen molar-refractivity contribution in [3.8, 4) is 11.5 Å². The third-order valence-electron chi connectivity index (χ3n) is 1.99. The van der Waals surface area contributed by atoms with Gasteiger partial charge >= 0.3 is 0 Å². The van der Waals surface area contributed by atoms with E-state index in [1.807, 2.05) is 26.0 Å². The Bertz CT molecular complexity index is 416. The zero-order chi connectivity index (χ0) is 13.4. The van der Waals surface area contributed by atoms with Gasteiger partial charge in [0.25, 0.3) is 5.91 Å². The maximum absolute atomic E-state index is 11.4. The molecule has 1 aromatic carbocycles. The molecule has 0 unspecified atom stereocenters. The number of benzene rings is 1. The lowest BCUT2D eigenvalue weighted by Crippen LogP contribution is -2.24. The second kappa shape index (κ2) is 7.32. The molecule has 18 heavy (non-hydrogen) atoms. The van der Waals surface area contributed by atoms with Crippen LogP contribution < -0.4 is 14.9 Å². The average molecular weight is 250 g/mol. The molecule has 5 nitrogen and oxygen atoms in total. The van der Waals surface area contributed by atoms with Crippen molar-refractivity contribution in [1.82, 2.24) is 5.43 Å². The van der Waals surface area contributed by atoms with Crippen LogP contribution in [0.5, 0.6) is 11.5 Å². The van der Waals surface area contributed by atoms with Gasteiger partial charge in [-0.05, 0) is 18.1 Å². The smallest absolute Gasteiger partial charge is 0.277 e. The maximum Gasteiger partial charge on any atom is 0.277 e. The van der Waals surface area contributed by atoms with Crippen LogP contribution in [0.1, 0.15) is 13.8 Å². The number of nitrogens with zero attached hydrogens (tertiary/aromatic N) is 1. The molecule has 1 rings (SSSR count). The Hall–Kier alpha value is -2.04. The summed E-state index contributed by atoms with van der Waals surface area (Å²) in [6.07, 6.45) is 1.65. The van der Waals surface area contributed by atoms with E-state index >= 15 is 0 Å². The van der Waals surface area contributed by atoms with E-state index in [1.54, 1.807) is 25.5 Å². The SMILES string of the molecule is COc1ccccc1OCC(=O)NN=CC(C)C. The van der Waals surface area contributed by atoms with Crippen molar-refractivity contribution in [2.45, 2.75) is 13.8 Å². The predicted octanol–water partition coefficient (Wildman–Crippen LogP) is 1.83. The second-order valence-electron chi connectivity index (χ2n) is 4.00. The third-order valence-corrected chi connectivity index (χ3v) is 1.99. The van der Waals surface area contributed by atoms with E-state index in [2.05, 4.69) is 10.5 Å². The summed E-state index contributed by atoms with van der Waals surface area (Å²) >= 11 is 0. The molecule has 0 atom stereocenters. The van der Waals surface area contributed by atoms with Gasteiger partial charge in [-0.2, -0.15) is 5.10 Å². The summed E-state index contributed by atoms with van der Waals surface area (Å²) in [7, 11) is 1.55. The van der Waals surface area contributed by atoms with E-state index in [1.165, 1.54) is 0 Å². The van der Waals surface area contributed by atoms with Crippen molar-refractivity contribution in [3.05, 3.63) is 24.3 Å². The monoisotopic (exact) mass is 250 g/mol. The molecule has 0 aliphatic carbocycles. The lowest BCUT2D eigenvalue weighted by atomic mass is 10.3. The van der Waals surface area contributed by atoms with Gasteiger partial charge < -0.3 is 9.47 Å². The number of nitrogens with one attached hydrogen (secondary N) is 1. The molecule has 0 heterocycles. The van der Waals surface area contributed by atoms with Crippen LogP contribution in [0.2, 0.25) is 0 Å². The molecule has 0 saturated carbocycles. The van der Waals surface area contributed by atoms with Crippen LogP contribution in [0.25, 0.3) is 0 Å². The first-order valence-corrected chi connectivity index (χ1v) is 5.71. The Morgan fingerprint density at radius 1 is 1.39 bits per heavy atom. The number of carbonyl (C=O) groups excluding carboxylic acids is 1. The molecule has 0 aliphatic heterocycles. The Balaban J connectivity index is 2.42. The Kier molecular flexibility index (Phi) is 5.70. The number of amides is 1. The number of carbonyl (C=O) groups is 1. The zero-order valence-corrected chi connectivity index (χ0v) is 10.8. The van der Waals surface area contributed by atoms with Crippen LogP contribution in [0.4, 0.5) is 0 Å². The van der Waals surface area contributed by atoms with Gasteiger partial charge in [-0.1, -0.05) is 26.0 Å². The number of methoxy groups -OCH3 is 1. The molecule has 0 fully saturated rings. The van der Waals surface area contributed by atoms with Crippen LogP contribution >= 0.6 is 0 Å². The van der Waals surface area contributed by atoms with E-state index < -0.39 is 0 Å². The van der Waals surface area contributed by atoms with E-state index in [4.69, 9.17) is 9.47 Å². The molecule has 0 radical (unpaired) electrons. The highest BCUT2D eigenvalue weighted by Crippen LogP contribution is 2.25.